The number of methoxy groups -OCH3 is 1. The molecule has 114 valence electrons. The van der Waals surface area contributed by atoms with Crippen molar-refractivity contribution < 1.29 is 29.0 Å². The molecule has 3 atom stereocenters. The summed E-state index contributed by atoms with van der Waals surface area (Å²) in [5.74, 6) is -1.77. The first kappa shape index (κ1) is 16.2. The first-order chi connectivity index (χ1) is 9.43. The van der Waals surface area contributed by atoms with Gasteiger partial charge >= 0.3 is 18.0 Å². The number of nitrogens with one attached hydrogen (secondary N) is 2. The van der Waals surface area contributed by atoms with Gasteiger partial charge in [0, 0.05) is 19.1 Å². The van der Waals surface area contributed by atoms with Crippen molar-refractivity contribution in [1.29, 1.82) is 0 Å². The summed E-state index contributed by atoms with van der Waals surface area (Å²) in [5, 5.41) is 13.7. The summed E-state index contributed by atoms with van der Waals surface area (Å²) in [6.45, 7) is 2.99. The minimum absolute atomic E-state index is 0.0700. The number of carbonyl (C=O) groups excluding carboxylic acids is 2. The van der Waals surface area contributed by atoms with Crippen LogP contribution in [0, 0.1) is 5.92 Å². The van der Waals surface area contributed by atoms with Crippen LogP contribution in [0.25, 0.3) is 0 Å². The largest absolute Gasteiger partial charge is 0.480 e. The minimum Gasteiger partial charge on any atom is -0.480 e. The Bertz CT molecular complexity index is 373. The van der Waals surface area contributed by atoms with Gasteiger partial charge in [0.1, 0.15) is 6.04 Å². The molecule has 3 N–H and O–H groups in total. The molecule has 0 aromatic heterocycles. The fourth-order valence-corrected chi connectivity index (χ4v) is 1.93. The van der Waals surface area contributed by atoms with Crippen LogP contribution in [0.5, 0.6) is 0 Å². The molecule has 8 nitrogen and oxygen atoms in total. The average Bonchev–Trinajstić information content (AvgIpc) is 2.80. The lowest BCUT2D eigenvalue weighted by atomic mass is 10.0. The molecule has 1 rings (SSSR count). The van der Waals surface area contributed by atoms with Crippen molar-refractivity contribution in [3.63, 3.8) is 0 Å². The number of hydrogen-bond acceptors (Lipinski definition) is 5. The van der Waals surface area contributed by atoms with Crippen molar-refractivity contribution >= 4 is 18.0 Å². The highest BCUT2D eigenvalue weighted by molar-refractivity contribution is 5.86. The lowest BCUT2D eigenvalue weighted by Crippen LogP contribution is -2.48. The van der Waals surface area contributed by atoms with Gasteiger partial charge < -0.3 is 25.2 Å². The summed E-state index contributed by atoms with van der Waals surface area (Å²) in [7, 11) is 1.16. The quantitative estimate of drug-likeness (QED) is 0.580. The van der Waals surface area contributed by atoms with Crippen LogP contribution in [0.3, 0.4) is 0 Å². The molecule has 2 amide bonds. The Morgan fingerprint density at radius 3 is 2.65 bits per heavy atom. The Hall–Kier alpha value is -1.83. The van der Waals surface area contributed by atoms with Gasteiger partial charge in [-0.2, -0.15) is 0 Å². The molecule has 1 heterocycles. The number of ether oxygens (including phenoxy) is 2. The molecule has 0 saturated carbocycles. The fourth-order valence-electron chi connectivity index (χ4n) is 1.93. The highest BCUT2D eigenvalue weighted by atomic mass is 16.5. The average molecular weight is 288 g/mol. The number of aliphatic carboxylic acids is 1. The van der Waals surface area contributed by atoms with E-state index in [9.17, 15) is 14.4 Å². The van der Waals surface area contributed by atoms with Gasteiger partial charge in [-0.15, -0.1) is 0 Å². The number of hydrogen-bond donors (Lipinski definition) is 3. The number of urea groups is 1. The van der Waals surface area contributed by atoms with Gasteiger partial charge in [0.2, 0.25) is 0 Å². The Labute approximate surface area is 116 Å². The lowest BCUT2D eigenvalue weighted by molar-refractivity contribution is -0.147. The Morgan fingerprint density at radius 2 is 2.15 bits per heavy atom. The number of esters is 1. The smallest absolute Gasteiger partial charge is 0.326 e. The topological polar surface area (TPSA) is 114 Å². The van der Waals surface area contributed by atoms with Crippen LogP contribution in [0.1, 0.15) is 19.8 Å². The van der Waals surface area contributed by atoms with E-state index >= 15 is 0 Å². The summed E-state index contributed by atoms with van der Waals surface area (Å²) in [5.41, 5.74) is 0. The standard InChI is InChI=1S/C12H20N2O6/c1-7-8(3-4-20-7)6-13-12(18)14-9(11(16)17)5-10(15)19-2/h7-9H,3-6H2,1-2H3,(H,16,17)(H2,13,14,18)/t7?,8?,9-/m0/s1. The molecular formula is C12H20N2O6. The van der Waals surface area contributed by atoms with Crippen molar-refractivity contribution in [2.75, 3.05) is 20.3 Å². The van der Waals surface area contributed by atoms with E-state index in [1.807, 2.05) is 6.92 Å². The summed E-state index contributed by atoms with van der Waals surface area (Å²) in [4.78, 5) is 33.6. The van der Waals surface area contributed by atoms with Crippen molar-refractivity contribution in [3.8, 4) is 0 Å². The SMILES string of the molecule is COC(=O)C[C@H](NC(=O)NCC1CCOC1C)C(=O)O. The molecule has 2 unspecified atom stereocenters. The van der Waals surface area contributed by atoms with E-state index in [1.54, 1.807) is 0 Å². The van der Waals surface area contributed by atoms with Crippen LogP contribution in [-0.2, 0) is 19.1 Å². The van der Waals surface area contributed by atoms with E-state index in [2.05, 4.69) is 15.4 Å². The van der Waals surface area contributed by atoms with Crippen LogP contribution in [0.15, 0.2) is 0 Å². The molecule has 0 radical (unpaired) electrons. The summed E-state index contributed by atoms with van der Waals surface area (Å²) in [6, 6.07) is -1.93. The maximum absolute atomic E-state index is 11.6. The molecule has 1 aliphatic heterocycles. The van der Waals surface area contributed by atoms with Crippen molar-refractivity contribution in [1.82, 2.24) is 10.6 Å². The fraction of sp³-hybridized carbons (Fsp3) is 0.750. The third-order valence-corrected chi connectivity index (χ3v) is 3.26. The highest BCUT2D eigenvalue weighted by Gasteiger charge is 2.26. The van der Waals surface area contributed by atoms with E-state index < -0.39 is 30.4 Å². The molecular weight excluding hydrogens is 268 g/mol. The van der Waals surface area contributed by atoms with Gasteiger partial charge in [0.15, 0.2) is 0 Å². The second kappa shape index (κ2) is 7.68. The van der Waals surface area contributed by atoms with Gasteiger partial charge in [0.25, 0.3) is 0 Å². The monoisotopic (exact) mass is 288 g/mol. The maximum Gasteiger partial charge on any atom is 0.326 e. The van der Waals surface area contributed by atoms with Gasteiger partial charge in [0.05, 0.1) is 19.6 Å². The van der Waals surface area contributed by atoms with Crippen LogP contribution < -0.4 is 10.6 Å². The van der Waals surface area contributed by atoms with Crippen molar-refractivity contribution in [2.45, 2.75) is 31.9 Å². The lowest BCUT2D eigenvalue weighted by Gasteiger charge is -2.17. The molecule has 0 bridgehead atoms. The first-order valence-corrected chi connectivity index (χ1v) is 6.39. The van der Waals surface area contributed by atoms with Gasteiger partial charge in [-0.3, -0.25) is 4.79 Å². The molecule has 1 saturated heterocycles. The molecule has 0 aromatic rings. The molecule has 0 spiro atoms. The summed E-state index contributed by atoms with van der Waals surface area (Å²) < 4.78 is 9.73. The predicted molar refractivity (Wildman–Crippen MR) is 68.1 cm³/mol. The zero-order valence-electron chi connectivity index (χ0n) is 11.5. The van der Waals surface area contributed by atoms with E-state index in [1.165, 1.54) is 0 Å². The zero-order chi connectivity index (χ0) is 15.1. The van der Waals surface area contributed by atoms with E-state index in [-0.39, 0.29) is 12.0 Å². The molecule has 0 aromatic carbocycles. The number of carbonyl (C=O) groups is 3. The van der Waals surface area contributed by atoms with Crippen LogP contribution >= 0.6 is 0 Å². The number of carboxylic acid groups (broad SMARTS) is 1. The molecule has 1 fully saturated rings. The second-order valence-electron chi connectivity index (χ2n) is 4.65. The number of rotatable bonds is 6. The highest BCUT2D eigenvalue weighted by Crippen LogP contribution is 2.19. The molecule has 20 heavy (non-hydrogen) atoms. The maximum atomic E-state index is 11.6. The van der Waals surface area contributed by atoms with Crippen LogP contribution in [0.2, 0.25) is 0 Å². The summed E-state index contributed by atoms with van der Waals surface area (Å²) >= 11 is 0. The number of amides is 2. The Morgan fingerprint density at radius 1 is 1.45 bits per heavy atom. The van der Waals surface area contributed by atoms with Gasteiger partial charge in [-0.25, -0.2) is 9.59 Å². The summed E-state index contributed by atoms with van der Waals surface area (Å²) in [6.07, 6.45) is 0.509. The Balaban J connectivity index is 2.37. The van der Waals surface area contributed by atoms with Crippen molar-refractivity contribution in [2.24, 2.45) is 5.92 Å². The molecule has 8 heteroatoms. The van der Waals surface area contributed by atoms with E-state index in [0.717, 1.165) is 13.5 Å². The first-order valence-electron chi connectivity index (χ1n) is 6.39. The van der Waals surface area contributed by atoms with E-state index in [0.29, 0.717) is 13.2 Å². The third kappa shape index (κ3) is 5.04. The third-order valence-electron chi connectivity index (χ3n) is 3.26. The van der Waals surface area contributed by atoms with Gasteiger partial charge in [-0.1, -0.05) is 0 Å². The minimum atomic E-state index is -1.31. The second-order valence-corrected chi connectivity index (χ2v) is 4.65. The Kier molecular flexibility index (Phi) is 6.23. The molecule has 1 aliphatic rings. The number of carboxylic acids is 1. The van der Waals surface area contributed by atoms with Crippen LogP contribution in [-0.4, -0.2) is 55.5 Å². The van der Waals surface area contributed by atoms with E-state index in [4.69, 9.17) is 9.84 Å². The zero-order valence-corrected chi connectivity index (χ0v) is 11.5. The molecule has 0 aliphatic carbocycles. The van der Waals surface area contributed by atoms with Crippen LogP contribution in [0.4, 0.5) is 4.79 Å². The van der Waals surface area contributed by atoms with Gasteiger partial charge in [-0.05, 0) is 13.3 Å². The normalized spacial score (nSPS) is 22.9. The predicted octanol–water partition coefficient (Wildman–Crippen LogP) is -0.273. The van der Waals surface area contributed by atoms with Crippen molar-refractivity contribution in [3.05, 3.63) is 0 Å².